The van der Waals surface area contributed by atoms with Gasteiger partial charge in [-0.05, 0) is 31.0 Å². The van der Waals surface area contributed by atoms with E-state index < -0.39 is 0 Å². The van der Waals surface area contributed by atoms with E-state index in [0.29, 0.717) is 17.3 Å². The zero-order chi connectivity index (χ0) is 13.8. The van der Waals surface area contributed by atoms with Crippen LogP contribution in [-0.2, 0) is 0 Å². The van der Waals surface area contributed by atoms with Crippen LogP contribution in [0.1, 0.15) is 48.9 Å². The van der Waals surface area contributed by atoms with E-state index in [0.717, 1.165) is 17.3 Å². The summed E-state index contributed by atoms with van der Waals surface area (Å²) in [6.45, 7) is 0. The first-order valence-corrected chi connectivity index (χ1v) is 7.70. The molecule has 0 radical (unpaired) electrons. The average molecular weight is 325 g/mol. The molecule has 1 aromatic carbocycles. The molecule has 0 atom stereocenters. The number of rotatable bonds is 2. The molecular weight excluding hydrogens is 304 g/mol. The summed E-state index contributed by atoms with van der Waals surface area (Å²) in [6.07, 6.45) is 7.27. The number of hydrogen-bond donors (Lipinski definition) is 1. The maximum absolute atomic E-state index is 12.5. The van der Waals surface area contributed by atoms with Gasteiger partial charge in [0.25, 0.3) is 5.91 Å². The molecule has 4 heteroatoms. The second-order valence-electron chi connectivity index (χ2n) is 5.33. The number of anilines is 1. The van der Waals surface area contributed by atoms with Crippen LogP contribution >= 0.6 is 15.9 Å². The molecule has 1 amide bonds. The molecule has 0 saturated heterocycles. The number of benzene rings is 1. The van der Waals surface area contributed by atoms with Gasteiger partial charge in [0.1, 0.15) is 0 Å². The van der Waals surface area contributed by atoms with Crippen molar-refractivity contribution < 1.29 is 4.79 Å². The minimum atomic E-state index is 0.0694. The number of amides is 1. The average Bonchev–Trinajstić information content (AvgIpc) is 2.64. The van der Waals surface area contributed by atoms with Crippen LogP contribution in [-0.4, -0.2) is 23.9 Å². The number of halogens is 1. The Labute approximate surface area is 123 Å². The van der Waals surface area contributed by atoms with E-state index in [1.165, 1.54) is 25.7 Å². The minimum Gasteiger partial charge on any atom is -0.399 e. The highest BCUT2D eigenvalue weighted by molar-refractivity contribution is 9.10. The Bertz CT molecular complexity index is 433. The molecule has 19 heavy (non-hydrogen) atoms. The zero-order valence-electron chi connectivity index (χ0n) is 11.4. The highest BCUT2D eigenvalue weighted by atomic mass is 79.9. The summed E-state index contributed by atoms with van der Waals surface area (Å²) in [7, 11) is 1.91. The van der Waals surface area contributed by atoms with Crippen LogP contribution in [0.2, 0.25) is 0 Å². The van der Waals surface area contributed by atoms with Crippen molar-refractivity contribution in [2.24, 2.45) is 0 Å². The van der Waals surface area contributed by atoms with E-state index >= 15 is 0 Å². The first kappa shape index (κ1) is 14.4. The third-order valence-corrected chi connectivity index (χ3v) is 4.32. The Hall–Kier alpha value is -1.03. The molecule has 2 N–H and O–H groups in total. The van der Waals surface area contributed by atoms with Crippen LogP contribution in [0.3, 0.4) is 0 Å². The van der Waals surface area contributed by atoms with Gasteiger partial charge in [-0.1, -0.05) is 41.6 Å². The lowest BCUT2D eigenvalue weighted by molar-refractivity contribution is 0.0717. The SMILES string of the molecule is CN(C(=O)c1cc(N)cc(Br)c1)C1CCCCCC1. The fourth-order valence-corrected chi connectivity index (χ4v) is 3.26. The van der Waals surface area contributed by atoms with Crippen molar-refractivity contribution in [3.8, 4) is 0 Å². The summed E-state index contributed by atoms with van der Waals surface area (Å²) in [6, 6.07) is 5.77. The van der Waals surface area contributed by atoms with Crippen molar-refractivity contribution in [1.82, 2.24) is 4.90 Å². The second kappa shape index (κ2) is 6.42. The van der Waals surface area contributed by atoms with Crippen LogP contribution in [0, 0.1) is 0 Å². The van der Waals surface area contributed by atoms with E-state index in [4.69, 9.17) is 5.73 Å². The van der Waals surface area contributed by atoms with Crippen LogP contribution in [0.25, 0.3) is 0 Å². The monoisotopic (exact) mass is 324 g/mol. The topological polar surface area (TPSA) is 46.3 Å². The number of carbonyl (C=O) groups is 1. The summed E-state index contributed by atoms with van der Waals surface area (Å²) >= 11 is 3.39. The molecular formula is C15H21BrN2O. The fraction of sp³-hybridized carbons (Fsp3) is 0.533. The molecule has 0 unspecified atom stereocenters. The lowest BCUT2D eigenvalue weighted by atomic mass is 10.1. The van der Waals surface area contributed by atoms with Gasteiger partial charge in [0, 0.05) is 28.8 Å². The van der Waals surface area contributed by atoms with Gasteiger partial charge < -0.3 is 10.6 Å². The molecule has 0 spiro atoms. The number of nitrogens with zero attached hydrogens (tertiary/aromatic N) is 1. The first-order valence-electron chi connectivity index (χ1n) is 6.91. The van der Waals surface area contributed by atoms with Gasteiger partial charge in [0.05, 0.1) is 0 Å². The van der Waals surface area contributed by atoms with E-state index in [1.54, 1.807) is 6.07 Å². The van der Waals surface area contributed by atoms with E-state index in [9.17, 15) is 4.79 Å². The molecule has 0 heterocycles. The number of nitrogens with two attached hydrogens (primary N) is 1. The Kier molecular flexibility index (Phi) is 4.86. The van der Waals surface area contributed by atoms with Crippen molar-refractivity contribution in [3.05, 3.63) is 28.2 Å². The van der Waals surface area contributed by atoms with E-state index in [-0.39, 0.29) is 5.91 Å². The van der Waals surface area contributed by atoms with Gasteiger partial charge >= 0.3 is 0 Å². The van der Waals surface area contributed by atoms with Gasteiger partial charge in [0.15, 0.2) is 0 Å². The number of carbonyl (C=O) groups excluding carboxylic acids is 1. The highest BCUT2D eigenvalue weighted by Gasteiger charge is 2.22. The molecule has 0 bridgehead atoms. The lowest BCUT2D eigenvalue weighted by Crippen LogP contribution is -2.36. The second-order valence-corrected chi connectivity index (χ2v) is 6.25. The summed E-state index contributed by atoms with van der Waals surface area (Å²) in [5.74, 6) is 0.0694. The van der Waals surface area contributed by atoms with E-state index in [2.05, 4.69) is 15.9 Å². The molecule has 3 nitrogen and oxygen atoms in total. The maximum Gasteiger partial charge on any atom is 0.253 e. The summed E-state index contributed by atoms with van der Waals surface area (Å²) < 4.78 is 0.852. The van der Waals surface area contributed by atoms with Crippen molar-refractivity contribution in [2.75, 3.05) is 12.8 Å². The molecule has 1 aliphatic carbocycles. The Morgan fingerprint density at radius 2 is 1.84 bits per heavy atom. The molecule has 104 valence electrons. The predicted octanol–water partition coefficient (Wildman–Crippen LogP) is 3.83. The third kappa shape index (κ3) is 3.72. The van der Waals surface area contributed by atoms with Crippen molar-refractivity contribution in [2.45, 2.75) is 44.6 Å². The highest BCUT2D eigenvalue weighted by Crippen LogP contribution is 2.24. The van der Waals surface area contributed by atoms with Gasteiger partial charge in [-0.3, -0.25) is 4.79 Å². The Balaban J connectivity index is 2.13. The van der Waals surface area contributed by atoms with Crippen LogP contribution in [0.5, 0.6) is 0 Å². The predicted molar refractivity (Wildman–Crippen MR) is 82.1 cm³/mol. The lowest BCUT2D eigenvalue weighted by Gasteiger charge is -2.27. The molecule has 0 aliphatic heterocycles. The molecule has 1 aliphatic rings. The van der Waals surface area contributed by atoms with E-state index in [1.807, 2.05) is 24.1 Å². The smallest absolute Gasteiger partial charge is 0.253 e. The number of nitrogen functional groups attached to an aromatic ring is 1. The quantitative estimate of drug-likeness (QED) is 0.663. The van der Waals surface area contributed by atoms with Crippen molar-refractivity contribution in [1.29, 1.82) is 0 Å². The summed E-state index contributed by atoms with van der Waals surface area (Å²) in [4.78, 5) is 14.4. The maximum atomic E-state index is 12.5. The van der Waals surface area contributed by atoms with Crippen LogP contribution in [0.4, 0.5) is 5.69 Å². The minimum absolute atomic E-state index is 0.0694. The molecule has 2 rings (SSSR count). The normalized spacial score (nSPS) is 16.9. The third-order valence-electron chi connectivity index (χ3n) is 3.86. The van der Waals surface area contributed by atoms with Gasteiger partial charge in [0.2, 0.25) is 0 Å². The van der Waals surface area contributed by atoms with Gasteiger partial charge in [-0.2, -0.15) is 0 Å². The van der Waals surface area contributed by atoms with Crippen molar-refractivity contribution >= 4 is 27.5 Å². The molecule has 1 aromatic rings. The van der Waals surface area contributed by atoms with Crippen LogP contribution < -0.4 is 5.73 Å². The van der Waals surface area contributed by atoms with Crippen LogP contribution in [0.15, 0.2) is 22.7 Å². The van der Waals surface area contributed by atoms with Gasteiger partial charge in [-0.25, -0.2) is 0 Å². The Morgan fingerprint density at radius 3 is 2.42 bits per heavy atom. The summed E-state index contributed by atoms with van der Waals surface area (Å²) in [5, 5.41) is 0. The molecule has 0 aromatic heterocycles. The van der Waals surface area contributed by atoms with Gasteiger partial charge in [-0.15, -0.1) is 0 Å². The van der Waals surface area contributed by atoms with Crippen molar-refractivity contribution in [3.63, 3.8) is 0 Å². The largest absolute Gasteiger partial charge is 0.399 e. The zero-order valence-corrected chi connectivity index (χ0v) is 12.9. The standard InChI is InChI=1S/C15H21BrN2O/c1-18(14-6-4-2-3-5-7-14)15(19)11-8-12(16)10-13(17)9-11/h8-10,14H,2-7,17H2,1H3. The Morgan fingerprint density at radius 1 is 1.21 bits per heavy atom. The molecule has 1 fully saturated rings. The molecule has 1 saturated carbocycles. The fourth-order valence-electron chi connectivity index (χ4n) is 2.75. The summed E-state index contributed by atoms with van der Waals surface area (Å²) in [5.41, 5.74) is 7.08. The first-order chi connectivity index (χ1) is 9.08. The number of hydrogen-bond acceptors (Lipinski definition) is 2.